The smallest absolute Gasteiger partial charge is 0.251 e. The Balaban J connectivity index is 1.45. The fourth-order valence-corrected chi connectivity index (χ4v) is 6.19. The zero-order valence-electron chi connectivity index (χ0n) is 17.5. The maximum atomic E-state index is 12.7. The number of carbonyl (C=O) groups is 1. The molecule has 5 atom stereocenters. The van der Waals surface area contributed by atoms with Crippen LogP contribution in [0.1, 0.15) is 73.0 Å². The van der Waals surface area contributed by atoms with Crippen LogP contribution < -0.4 is 10.6 Å². The van der Waals surface area contributed by atoms with E-state index in [0.29, 0.717) is 23.8 Å². The summed E-state index contributed by atoms with van der Waals surface area (Å²) in [7, 11) is 0. The van der Waals surface area contributed by atoms with Crippen LogP contribution in [0.5, 0.6) is 0 Å². The van der Waals surface area contributed by atoms with Crippen LogP contribution in [0.25, 0.3) is 0 Å². The number of anilines is 1. The minimum absolute atomic E-state index is 0.0679. The van der Waals surface area contributed by atoms with E-state index in [2.05, 4.69) is 66.9 Å². The highest BCUT2D eigenvalue weighted by Crippen LogP contribution is 2.63. The second-order valence-electron chi connectivity index (χ2n) is 9.71. The van der Waals surface area contributed by atoms with Crippen molar-refractivity contribution >= 4 is 11.6 Å². The standard InChI is InChI=1S/C26H32N2O/c1-16(2)12-13-27-26(29)20-10-11-22-21(15-20)23-18-8-9-19(14-18)24(23)25(28-22)17-6-4-3-5-7-17/h3-7,10-11,15-16,18-19,23-25,28H,8-9,12-14H2,1-2H3,(H,27,29)/t18-,19-,23-,24-,25+/m0/s1. The van der Waals surface area contributed by atoms with Gasteiger partial charge in [-0.1, -0.05) is 44.2 Å². The molecule has 2 aromatic carbocycles. The third kappa shape index (κ3) is 3.35. The lowest BCUT2D eigenvalue weighted by Crippen LogP contribution is -2.35. The SMILES string of the molecule is CC(C)CCNC(=O)c1ccc2c(c1)[C@@H]1[C@H]3CC[C@@H](C3)[C@@H]1[C@@H](c1ccccc1)N2. The molecule has 2 saturated carbocycles. The van der Waals surface area contributed by atoms with Crippen LogP contribution in [-0.2, 0) is 0 Å². The Morgan fingerprint density at radius 2 is 1.90 bits per heavy atom. The highest BCUT2D eigenvalue weighted by atomic mass is 16.1. The maximum absolute atomic E-state index is 12.7. The van der Waals surface area contributed by atoms with Crippen molar-refractivity contribution in [3.8, 4) is 0 Å². The molecule has 0 spiro atoms. The van der Waals surface area contributed by atoms with Gasteiger partial charge in [-0.05, 0) is 84.6 Å². The molecule has 1 amide bonds. The van der Waals surface area contributed by atoms with E-state index in [1.54, 1.807) is 0 Å². The van der Waals surface area contributed by atoms with Gasteiger partial charge in [-0.3, -0.25) is 4.79 Å². The number of hydrogen-bond acceptors (Lipinski definition) is 2. The molecule has 3 nitrogen and oxygen atoms in total. The fourth-order valence-electron chi connectivity index (χ4n) is 6.19. The summed E-state index contributed by atoms with van der Waals surface area (Å²) in [5.41, 5.74) is 4.82. The van der Waals surface area contributed by atoms with E-state index < -0.39 is 0 Å². The van der Waals surface area contributed by atoms with Crippen molar-refractivity contribution in [2.24, 2.45) is 23.7 Å². The lowest BCUT2D eigenvalue weighted by Gasteiger charge is -2.43. The Morgan fingerprint density at radius 1 is 1.10 bits per heavy atom. The van der Waals surface area contributed by atoms with Crippen LogP contribution in [0.3, 0.4) is 0 Å². The molecule has 1 heterocycles. The van der Waals surface area contributed by atoms with Crippen LogP contribution in [-0.4, -0.2) is 12.5 Å². The average Bonchev–Trinajstić information content (AvgIpc) is 3.36. The molecule has 3 heteroatoms. The molecule has 0 aromatic heterocycles. The first kappa shape index (κ1) is 18.7. The van der Waals surface area contributed by atoms with Crippen molar-refractivity contribution in [1.82, 2.24) is 5.32 Å². The lowest BCUT2D eigenvalue weighted by molar-refractivity contribution is 0.0951. The molecular formula is C26H32N2O. The van der Waals surface area contributed by atoms with E-state index in [-0.39, 0.29) is 5.91 Å². The number of amides is 1. The summed E-state index contributed by atoms with van der Waals surface area (Å²) < 4.78 is 0. The van der Waals surface area contributed by atoms with Gasteiger partial charge in [0.05, 0.1) is 6.04 Å². The van der Waals surface area contributed by atoms with Crippen LogP contribution in [0.15, 0.2) is 48.5 Å². The summed E-state index contributed by atoms with van der Waals surface area (Å²) in [6, 6.07) is 17.6. The maximum Gasteiger partial charge on any atom is 0.251 e. The topological polar surface area (TPSA) is 41.1 Å². The van der Waals surface area contributed by atoms with Gasteiger partial charge in [-0.15, -0.1) is 0 Å². The number of nitrogens with one attached hydrogen (secondary N) is 2. The van der Waals surface area contributed by atoms with Gasteiger partial charge >= 0.3 is 0 Å². The minimum Gasteiger partial charge on any atom is -0.378 e. The lowest BCUT2D eigenvalue weighted by atomic mass is 9.68. The fraction of sp³-hybridized carbons (Fsp3) is 0.500. The quantitative estimate of drug-likeness (QED) is 0.684. The highest BCUT2D eigenvalue weighted by Gasteiger charge is 2.53. The molecule has 29 heavy (non-hydrogen) atoms. The summed E-state index contributed by atoms with van der Waals surface area (Å²) in [5, 5.41) is 6.97. The van der Waals surface area contributed by atoms with Crippen molar-refractivity contribution in [3.63, 3.8) is 0 Å². The van der Waals surface area contributed by atoms with E-state index in [4.69, 9.17) is 0 Å². The van der Waals surface area contributed by atoms with E-state index in [1.807, 2.05) is 6.07 Å². The van der Waals surface area contributed by atoms with Gasteiger partial charge < -0.3 is 10.6 Å². The van der Waals surface area contributed by atoms with E-state index >= 15 is 0 Å². The van der Waals surface area contributed by atoms with Crippen LogP contribution >= 0.6 is 0 Å². The molecule has 5 rings (SSSR count). The first-order chi connectivity index (χ1) is 14.1. The summed E-state index contributed by atoms with van der Waals surface area (Å²) in [6.45, 7) is 5.13. The Bertz CT molecular complexity index is 891. The molecule has 152 valence electrons. The van der Waals surface area contributed by atoms with Crippen LogP contribution in [0, 0.1) is 23.7 Å². The second kappa shape index (κ2) is 7.51. The predicted octanol–water partition coefficient (Wildman–Crippen LogP) is 5.76. The Morgan fingerprint density at radius 3 is 2.69 bits per heavy atom. The number of rotatable bonds is 5. The zero-order chi connectivity index (χ0) is 20.0. The molecule has 2 fully saturated rings. The average molecular weight is 389 g/mol. The number of benzene rings is 2. The first-order valence-corrected chi connectivity index (χ1v) is 11.4. The Hall–Kier alpha value is -2.29. The Kier molecular flexibility index (Phi) is 4.85. The van der Waals surface area contributed by atoms with Crippen molar-refractivity contribution in [2.45, 2.75) is 51.5 Å². The van der Waals surface area contributed by atoms with Gasteiger partial charge in [0.25, 0.3) is 5.91 Å². The highest BCUT2D eigenvalue weighted by molar-refractivity contribution is 5.95. The normalized spacial score (nSPS) is 29.3. The summed E-state index contributed by atoms with van der Waals surface area (Å²) in [5.74, 6) is 3.48. The summed E-state index contributed by atoms with van der Waals surface area (Å²) in [6.07, 6.45) is 5.08. The molecular weight excluding hydrogens is 356 g/mol. The summed E-state index contributed by atoms with van der Waals surface area (Å²) in [4.78, 5) is 12.7. The van der Waals surface area contributed by atoms with E-state index in [9.17, 15) is 4.79 Å². The van der Waals surface area contributed by atoms with Crippen molar-refractivity contribution < 1.29 is 4.79 Å². The molecule has 0 saturated heterocycles. The first-order valence-electron chi connectivity index (χ1n) is 11.4. The zero-order valence-corrected chi connectivity index (χ0v) is 17.5. The monoisotopic (exact) mass is 388 g/mol. The summed E-state index contributed by atoms with van der Waals surface area (Å²) >= 11 is 0. The van der Waals surface area contributed by atoms with Gasteiger partial charge in [-0.25, -0.2) is 0 Å². The van der Waals surface area contributed by atoms with Crippen LogP contribution in [0.2, 0.25) is 0 Å². The molecule has 2 aliphatic carbocycles. The van der Waals surface area contributed by atoms with Crippen molar-refractivity contribution in [2.75, 3.05) is 11.9 Å². The largest absolute Gasteiger partial charge is 0.378 e. The molecule has 1 aliphatic heterocycles. The number of fused-ring (bicyclic) bond motifs is 7. The second-order valence-corrected chi connectivity index (χ2v) is 9.71. The number of hydrogen-bond donors (Lipinski definition) is 2. The van der Waals surface area contributed by atoms with E-state index in [0.717, 1.165) is 30.4 Å². The van der Waals surface area contributed by atoms with E-state index in [1.165, 1.54) is 36.1 Å². The van der Waals surface area contributed by atoms with Gasteiger partial charge in [0.1, 0.15) is 0 Å². The third-order valence-electron chi connectivity index (χ3n) is 7.52. The van der Waals surface area contributed by atoms with Crippen molar-refractivity contribution in [1.29, 1.82) is 0 Å². The van der Waals surface area contributed by atoms with Gasteiger partial charge in [0.15, 0.2) is 0 Å². The molecule has 0 unspecified atom stereocenters. The third-order valence-corrected chi connectivity index (χ3v) is 7.52. The molecule has 2 bridgehead atoms. The van der Waals surface area contributed by atoms with Gasteiger partial charge in [-0.2, -0.15) is 0 Å². The molecule has 2 N–H and O–H groups in total. The predicted molar refractivity (Wildman–Crippen MR) is 118 cm³/mol. The molecule has 0 radical (unpaired) electrons. The molecule has 2 aromatic rings. The molecule has 3 aliphatic rings. The number of carbonyl (C=O) groups excluding carboxylic acids is 1. The Labute approximate surface area is 174 Å². The van der Waals surface area contributed by atoms with Crippen molar-refractivity contribution in [3.05, 3.63) is 65.2 Å². The minimum atomic E-state index is 0.0679. The van der Waals surface area contributed by atoms with Crippen LogP contribution in [0.4, 0.5) is 5.69 Å². The van der Waals surface area contributed by atoms with Gasteiger partial charge in [0, 0.05) is 17.8 Å². The van der Waals surface area contributed by atoms with Gasteiger partial charge in [0.2, 0.25) is 0 Å².